The van der Waals surface area contributed by atoms with Gasteiger partial charge in [-0.25, -0.2) is 8.42 Å². The van der Waals surface area contributed by atoms with Crippen molar-refractivity contribution in [2.24, 2.45) is 5.92 Å². The molecule has 0 amide bonds. The summed E-state index contributed by atoms with van der Waals surface area (Å²) >= 11 is 1.21. The van der Waals surface area contributed by atoms with Crippen LogP contribution in [0.1, 0.15) is 18.4 Å². The Bertz CT molecular complexity index is 1070. The van der Waals surface area contributed by atoms with Crippen molar-refractivity contribution in [3.05, 3.63) is 77.7 Å². The SMILES string of the molecule is O=C(OCc1ccc(-c2ccccc2)cc1)C1CCN(S(=O)(=O)c2cccs2)CC1. The van der Waals surface area contributed by atoms with Crippen molar-refractivity contribution in [1.82, 2.24) is 4.31 Å². The van der Waals surface area contributed by atoms with Crippen LogP contribution in [0.5, 0.6) is 0 Å². The molecule has 1 fully saturated rings. The van der Waals surface area contributed by atoms with E-state index in [1.54, 1.807) is 17.5 Å². The number of hydrogen-bond acceptors (Lipinski definition) is 5. The summed E-state index contributed by atoms with van der Waals surface area (Å²) in [6.07, 6.45) is 0.965. The van der Waals surface area contributed by atoms with Gasteiger partial charge < -0.3 is 4.74 Å². The monoisotopic (exact) mass is 441 g/mol. The molecule has 1 aliphatic heterocycles. The van der Waals surface area contributed by atoms with Crippen molar-refractivity contribution in [3.8, 4) is 11.1 Å². The summed E-state index contributed by atoms with van der Waals surface area (Å²) in [5.74, 6) is -0.515. The highest BCUT2D eigenvalue weighted by atomic mass is 32.2. The normalized spacial score (nSPS) is 15.7. The number of nitrogens with zero attached hydrogens (tertiary/aromatic N) is 1. The van der Waals surface area contributed by atoms with Gasteiger partial charge in [0, 0.05) is 13.1 Å². The molecule has 30 heavy (non-hydrogen) atoms. The van der Waals surface area contributed by atoms with Crippen molar-refractivity contribution >= 4 is 27.3 Å². The topological polar surface area (TPSA) is 63.7 Å². The standard InChI is InChI=1S/C23H23NO4S2/c25-23(21-12-14-24(15-13-21)30(26,27)22-7-4-16-29-22)28-17-18-8-10-20(11-9-18)19-5-2-1-3-6-19/h1-11,16,21H,12-15,17H2. The number of benzene rings is 2. The average Bonchev–Trinajstić information content (AvgIpc) is 3.34. The lowest BCUT2D eigenvalue weighted by atomic mass is 9.98. The number of rotatable bonds is 6. The third kappa shape index (κ3) is 4.64. The van der Waals surface area contributed by atoms with Crippen LogP contribution in [0, 0.1) is 5.92 Å². The minimum atomic E-state index is -3.45. The predicted molar refractivity (Wildman–Crippen MR) is 117 cm³/mol. The van der Waals surface area contributed by atoms with Crippen LogP contribution in [0.25, 0.3) is 11.1 Å². The molecule has 1 aliphatic rings. The van der Waals surface area contributed by atoms with E-state index < -0.39 is 10.0 Å². The van der Waals surface area contributed by atoms with Gasteiger partial charge in [-0.05, 0) is 41.0 Å². The second-order valence-electron chi connectivity index (χ2n) is 7.28. The van der Waals surface area contributed by atoms with Gasteiger partial charge in [-0.2, -0.15) is 4.31 Å². The Morgan fingerprint density at radius 2 is 1.60 bits per heavy atom. The molecule has 1 aromatic heterocycles. The Morgan fingerprint density at radius 1 is 0.933 bits per heavy atom. The summed E-state index contributed by atoms with van der Waals surface area (Å²) in [5, 5.41) is 1.75. The van der Waals surface area contributed by atoms with Crippen LogP contribution in [-0.2, 0) is 26.2 Å². The number of hydrogen-bond donors (Lipinski definition) is 0. The van der Waals surface area contributed by atoms with Gasteiger partial charge in [0.15, 0.2) is 0 Å². The zero-order valence-electron chi connectivity index (χ0n) is 16.4. The number of esters is 1. The van der Waals surface area contributed by atoms with E-state index >= 15 is 0 Å². The fourth-order valence-corrected chi connectivity index (χ4v) is 6.18. The lowest BCUT2D eigenvalue weighted by molar-refractivity contribution is -0.151. The Balaban J connectivity index is 1.28. The fourth-order valence-electron chi connectivity index (χ4n) is 3.57. The maximum absolute atomic E-state index is 12.6. The Labute approximate surface area is 181 Å². The van der Waals surface area contributed by atoms with Crippen LogP contribution >= 0.6 is 11.3 Å². The molecule has 1 saturated heterocycles. The van der Waals surface area contributed by atoms with E-state index in [1.165, 1.54) is 15.6 Å². The number of thiophene rings is 1. The Hall–Kier alpha value is -2.48. The predicted octanol–water partition coefficient (Wildman–Crippen LogP) is 4.56. The summed E-state index contributed by atoms with van der Waals surface area (Å²) in [5.41, 5.74) is 3.19. The molecule has 0 N–H and O–H groups in total. The molecule has 7 heteroatoms. The molecule has 156 valence electrons. The summed E-state index contributed by atoms with van der Waals surface area (Å²) in [4.78, 5) is 12.5. The van der Waals surface area contributed by atoms with Gasteiger partial charge in [0.25, 0.3) is 10.0 Å². The van der Waals surface area contributed by atoms with Crippen molar-refractivity contribution in [2.45, 2.75) is 23.7 Å². The van der Waals surface area contributed by atoms with Crippen LogP contribution in [0.2, 0.25) is 0 Å². The number of piperidine rings is 1. The van der Waals surface area contributed by atoms with Gasteiger partial charge in [0.1, 0.15) is 10.8 Å². The molecule has 5 nitrogen and oxygen atoms in total. The second-order valence-corrected chi connectivity index (χ2v) is 10.4. The molecule has 0 bridgehead atoms. The maximum Gasteiger partial charge on any atom is 0.309 e. The van der Waals surface area contributed by atoms with E-state index in [9.17, 15) is 13.2 Å². The van der Waals surface area contributed by atoms with E-state index in [0.29, 0.717) is 30.1 Å². The van der Waals surface area contributed by atoms with Gasteiger partial charge in [-0.1, -0.05) is 60.7 Å². The third-order valence-electron chi connectivity index (χ3n) is 5.32. The van der Waals surface area contributed by atoms with Gasteiger partial charge >= 0.3 is 5.97 Å². The molecule has 3 aromatic rings. The number of sulfonamides is 1. The minimum Gasteiger partial charge on any atom is -0.461 e. The summed E-state index contributed by atoms with van der Waals surface area (Å²) in [6.45, 7) is 0.902. The average molecular weight is 442 g/mol. The van der Waals surface area contributed by atoms with E-state index in [0.717, 1.165) is 16.7 Å². The van der Waals surface area contributed by atoms with Crippen molar-refractivity contribution in [1.29, 1.82) is 0 Å². The fraction of sp³-hybridized carbons (Fsp3) is 0.261. The molecular formula is C23H23NO4S2. The highest BCUT2D eigenvalue weighted by molar-refractivity contribution is 7.91. The third-order valence-corrected chi connectivity index (χ3v) is 8.59. The van der Waals surface area contributed by atoms with Crippen LogP contribution in [0.4, 0.5) is 0 Å². The van der Waals surface area contributed by atoms with Gasteiger partial charge in [-0.15, -0.1) is 11.3 Å². The molecule has 0 saturated carbocycles. The number of ether oxygens (including phenoxy) is 1. The Morgan fingerprint density at radius 3 is 2.23 bits per heavy atom. The Kier molecular flexibility index (Phi) is 6.32. The minimum absolute atomic E-state index is 0.224. The smallest absolute Gasteiger partial charge is 0.309 e. The first-order chi connectivity index (χ1) is 14.5. The molecule has 2 heterocycles. The first-order valence-corrected chi connectivity index (χ1v) is 12.2. The zero-order valence-corrected chi connectivity index (χ0v) is 18.1. The highest BCUT2D eigenvalue weighted by Gasteiger charge is 2.33. The second kappa shape index (κ2) is 9.12. The van der Waals surface area contributed by atoms with Crippen molar-refractivity contribution in [3.63, 3.8) is 0 Å². The zero-order chi connectivity index (χ0) is 21.0. The summed E-state index contributed by atoms with van der Waals surface area (Å²) < 4.78 is 32.5. The molecule has 0 atom stereocenters. The van der Waals surface area contributed by atoms with E-state index in [2.05, 4.69) is 12.1 Å². The highest BCUT2D eigenvalue weighted by Crippen LogP contribution is 2.27. The van der Waals surface area contributed by atoms with E-state index in [-0.39, 0.29) is 18.5 Å². The first-order valence-electron chi connectivity index (χ1n) is 9.89. The number of carbonyl (C=O) groups is 1. The van der Waals surface area contributed by atoms with Crippen molar-refractivity contribution in [2.75, 3.05) is 13.1 Å². The lowest BCUT2D eigenvalue weighted by Crippen LogP contribution is -2.40. The van der Waals surface area contributed by atoms with Crippen LogP contribution in [0.3, 0.4) is 0 Å². The molecule has 0 aliphatic carbocycles. The van der Waals surface area contributed by atoms with Crippen LogP contribution < -0.4 is 0 Å². The summed E-state index contributed by atoms with van der Waals surface area (Å²) in [7, 11) is -3.45. The first kappa shape index (κ1) is 20.8. The maximum atomic E-state index is 12.6. The van der Waals surface area contributed by atoms with Crippen LogP contribution in [-0.4, -0.2) is 31.8 Å². The van der Waals surface area contributed by atoms with E-state index in [4.69, 9.17) is 4.74 Å². The molecular weight excluding hydrogens is 418 g/mol. The van der Waals surface area contributed by atoms with Crippen molar-refractivity contribution < 1.29 is 17.9 Å². The van der Waals surface area contributed by atoms with Crippen LogP contribution in [0.15, 0.2) is 76.3 Å². The molecule has 0 radical (unpaired) electrons. The summed E-state index contributed by atoms with van der Waals surface area (Å²) in [6, 6.07) is 21.4. The molecule has 4 rings (SSSR count). The quantitative estimate of drug-likeness (QED) is 0.526. The van der Waals surface area contributed by atoms with Gasteiger partial charge in [0.05, 0.1) is 5.92 Å². The molecule has 0 spiro atoms. The lowest BCUT2D eigenvalue weighted by Gasteiger charge is -2.29. The van der Waals surface area contributed by atoms with Gasteiger partial charge in [-0.3, -0.25) is 4.79 Å². The molecule has 0 unspecified atom stereocenters. The van der Waals surface area contributed by atoms with Gasteiger partial charge in [0.2, 0.25) is 0 Å². The number of carbonyl (C=O) groups excluding carboxylic acids is 1. The largest absolute Gasteiger partial charge is 0.461 e. The van der Waals surface area contributed by atoms with E-state index in [1.807, 2.05) is 42.5 Å². The molecule has 2 aromatic carbocycles.